The van der Waals surface area contributed by atoms with Crippen LogP contribution in [0.3, 0.4) is 0 Å². The van der Waals surface area contributed by atoms with Crippen molar-refractivity contribution in [1.29, 1.82) is 0 Å². The quantitative estimate of drug-likeness (QED) is 0.778. The molecule has 1 unspecified atom stereocenters. The molecule has 0 amide bonds. The van der Waals surface area contributed by atoms with Crippen molar-refractivity contribution in [3.05, 3.63) is 35.4 Å². The van der Waals surface area contributed by atoms with Gasteiger partial charge in [0, 0.05) is 32.2 Å². The Morgan fingerprint density at radius 2 is 1.81 bits per heavy atom. The van der Waals surface area contributed by atoms with Crippen molar-refractivity contribution < 1.29 is 0 Å². The summed E-state index contributed by atoms with van der Waals surface area (Å²) in [4.78, 5) is 5.02. The normalized spacial score (nSPS) is 20.8. The smallest absolute Gasteiger partial charge is 0.0237 e. The Hall–Kier alpha value is -0.900. The molecule has 1 heterocycles. The van der Waals surface area contributed by atoms with Gasteiger partial charge in [0.05, 0.1) is 0 Å². The maximum atomic E-state index is 3.46. The molecule has 1 saturated heterocycles. The van der Waals surface area contributed by atoms with Crippen LogP contribution in [0.5, 0.6) is 0 Å². The van der Waals surface area contributed by atoms with E-state index >= 15 is 0 Å². The number of rotatable bonds is 7. The highest BCUT2D eigenvalue weighted by atomic mass is 15.3. The number of likely N-dealkylation sites (N-methyl/N-ethyl adjacent to an activating group) is 1. The van der Waals surface area contributed by atoms with Crippen LogP contribution < -0.4 is 5.32 Å². The molecular weight excluding hydrogens is 258 g/mol. The van der Waals surface area contributed by atoms with Gasteiger partial charge in [0.2, 0.25) is 0 Å². The van der Waals surface area contributed by atoms with Gasteiger partial charge in [-0.15, -0.1) is 0 Å². The molecule has 118 valence electrons. The average Bonchev–Trinajstić information content (AvgIpc) is 2.48. The molecule has 1 aromatic rings. The predicted molar refractivity (Wildman–Crippen MR) is 90.7 cm³/mol. The lowest BCUT2D eigenvalue weighted by atomic mass is 10.1. The van der Waals surface area contributed by atoms with E-state index in [0.29, 0.717) is 6.04 Å². The van der Waals surface area contributed by atoms with Gasteiger partial charge < -0.3 is 10.2 Å². The molecule has 1 aliphatic rings. The lowest BCUT2D eigenvalue weighted by Gasteiger charge is -2.38. The molecule has 1 fully saturated rings. The van der Waals surface area contributed by atoms with Crippen LogP contribution in [0.4, 0.5) is 0 Å². The molecule has 1 N–H and O–H groups in total. The minimum atomic E-state index is 0.654. The van der Waals surface area contributed by atoms with Crippen molar-refractivity contribution >= 4 is 0 Å². The first-order chi connectivity index (χ1) is 10.2. The largest absolute Gasteiger partial charge is 0.316 e. The van der Waals surface area contributed by atoms with Gasteiger partial charge in [0.1, 0.15) is 0 Å². The predicted octanol–water partition coefficient (Wildman–Crippen LogP) is 2.36. The third-order valence-corrected chi connectivity index (χ3v) is 4.39. The fourth-order valence-electron chi connectivity index (χ4n) is 2.99. The van der Waals surface area contributed by atoms with E-state index in [1.165, 1.54) is 37.2 Å². The molecule has 0 aliphatic carbocycles. The molecule has 0 saturated carbocycles. The highest BCUT2D eigenvalue weighted by Crippen LogP contribution is 2.13. The zero-order chi connectivity index (χ0) is 15.1. The Labute approximate surface area is 130 Å². The molecule has 0 radical (unpaired) electrons. The summed E-state index contributed by atoms with van der Waals surface area (Å²) >= 11 is 0. The summed E-state index contributed by atoms with van der Waals surface area (Å²) in [6.45, 7) is 11.4. The van der Waals surface area contributed by atoms with E-state index in [1.807, 2.05) is 0 Å². The fourth-order valence-corrected chi connectivity index (χ4v) is 2.99. The Bertz CT molecular complexity index is 401. The van der Waals surface area contributed by atoms with Gasteiger partial charge in [-0.25, -0.2) is 0 Å². The molecule has 3 nitrogen and oxygen atoms in total. The number of hydrogen-bond acceptors (Lipinski definition) is 3. The van der Waals surface area contributed by atoms with Crippen molar-refractivity contribution in [2.45, 2.75) is 39.3 Å². The molecule has 1 aliphatic heterocycles. The van der Waals surface area contributed by atoms with Gasteiger partial charge in [-0.3, -0.25) is 4.90 Å². The maximum Gasteiger partial charge on any atom is 0.0237 e. The molecule has 0 spiro atoms. The fraction of sp³-hybridized carbons (Fsp3) is 0.667. The lowest BCUT2D eigenvalue weighted by molar-refractivity contribution is 0.0938. The lowest BCUT2D eigenvalue weighted by Crippen LogP contribution is -2.49. The van der Waals surface area contributed by atoms with Crippen LogP contribution in [0.25, 0.3) is 0 Å². The Morgan fingerprint density at radius 1 is 1.10 bits per heavy atom. The molecule has 3 heteroatoms. The summed E-state index contributed by atoms with van der Waals surface area (Å²) in [7, 11) is 2.22. The van der Waals surface area contributed by atoms with Crippen LogP contribution in [-0.4, -0.2) is 55.6 Å². The summed E-state index contributed by atoms with van der Waals surface area (Å²) in [5.74, 6) is 0. The Balaban J connectivity index is 1.79. The van der Waals surface area contributed by atoms with Crippen LogP contribution in [0, 0.1) is 0 Å². The second kappa shape index (κ2) is 8.52. The summed E-state index contributed by atoms with van der Waals surface area (Å²) in [5.41, 5.74) is 2.88. The number of nitrogens with zero attached hydrogens (tertiary/aromatic N) is 2. The maximum absolute atomic E-state index is 3.46. The zero-order valence-corrected chi connectivity index (χ0v) is 13.9. The van der Waals surface area contributed by atoms with E-state index in [4.69, 9.17) is 0 Å². The SMILES string of the molecule is CCCNCCc1ccc(CN2CCN(C)CC2C)cc1. The first-order valence-electron chi connectivity index (χ1n) is 8.40. The van der Waals surface area contributed by atoms with Crippen molar-refractivity contribution in [3.8, 4) is 0 Å². The topological polar surface area (TPSA) is 18.5 Å². The molecule has 1 atom stereocenters. The molecule has 0 aromatic heterocycles. The highest BCUT2D eigenvalue weighted by molar-refractivity contribution is 5.23. The van der Waals surface area contributed by atoms with Crippen LogP contribution in [0.1, 0.15) is 31.4 Å². The zero-order valence-electron chi connectivity index (χ0n) is 13.9. The van der Waals surface area contributed by atoms with E-state index in [1.54, 1.807) is 0 Å². The van der Waals surface area contributed by atoms with Crippen LogP contribution in [-0.2, 0) is 13.0 Å². The summed E-state index contributed by atoms with van der Waals surface area (Å²) in [6.07, 6.45) is 2.34. The second-order valence-corrected chi connectivity index (χ2v) is 6.40. The van der Waals surface area contributed by atoms with Crippen molar-refractivity contribution in [3.63, 3.8) is 0 Å². The second-order valence-electron chi connectivity index (χ2n) is 6.40. The summed E-state index contributed by atoms with van der Waals surface area (Å²) in [5, 5.41) is 3.46. The van der Waals surface area contributed by atoms with E-state index in [2.05, 4.69) is 60.3 Å². The number of piperazine rings is 1. The van der Waals surface area contributed by atoms with Crippen LogP contribution in [0.15, 0.2) is 24.3 Å². The van der Waals surface area contributed by atoms with Crippen LogP contribution >= 0.6 is 0 Å². The van der Waals surface area contributed by atoms with Gasteiger partial charge in [-0.05, 0) is 51.0 Å². The van der Waals surface area contributed by atoms with E-state index in [0.717, 1.165) is 26.1 Å². The first-order valence-corrected chi connectivity index (χ1v) is 8.40. The Kier molecular flexibility index (Phi) is 6.68. The first kappa shape index (κ1) is 16.5. The van der Waals surface area contributed by atoms with Gasteiger partial charge in [-0.1, -0.05) is 31.2 Å². The average molecular weight is 289 g/mol. The number of hydrogen-bond donors (Lipinski definition) is 1. The molecule has 1 aromatic carbocycles. The number of benzene rings is 1. The minimum absolute atomic E-state index is 0.654. The third-order valence-electron chi connectivity index (χ3n) is 4.39. The van der Waals surface area contributed by atoms with Crippen LogP contribution in [0.2, 0.25) is 0 Å². The third kappa shape index (κ3) is 5.42. The summed E-state index contributed by atoms with van der Waals surface area (Å²) in [6, 6.07) is 9.86. The van der Waals surface area contributed by atoms with E-state index in [-0.39, 0.29) is 0 Å². The van der Waals surface area contributed by atoms with Gasteiger partial charge in [-0.2, -0.15) is 0 Å². The van der Waals surface area contributed by atoms with Crippen molar-refractivity contribution in [1.82, 2.24) is 15.1 Å². The van der Waals surface area contributed by atoms with Crippen molar-refractivity contribution in [2.75, 3.05) is 39.8 Å². The van der Waals surface area contributed by atoms with Gasteiger partial charge >= 0.3 is 0 Å². The highest BCUT2D eigenvalue weighted by Gasteiger charge is 2.21. The molecular formula is C18H31N3. The molecule has 2 rings (SSSR count). The molecule has 21 heavy (non-hydrogen) atoms. The summed E-state index contributed by atoms with van der Waals surface area (Å²) < 4.78 is 0. The molecule has 0 bridgehead atoms. The van der Waals surface area contributed by atoms with E-state index in [9.17, 15) is 0 Å². The minimum Gasteiger partial charge on any atom is -0.316 e. The Morgan fingerprint density at radius 3 is 2.48 bits per heavy atom. The number of nitrogens with one attached hydrogen (secondary N) is 1. The van der Waals surface area contributed by atoms with Gasteiger partial charge in [0.15, 0.2) is 0 Å². The monoisotopic (exact) mass is 289 g/mol. The standard InChI is InChI=1S/C18H31N3/c1-4-10-19-11-9-17-5-7-18(8-6-17)15-21-13-12-20(3)14-16(21)2/h5-8,16,19H,4,9-15H2,1-3H3. The van der Waals surface area contributed by atoms with Gasteiger partial charge in [0.25, 0.3) is 0 Å². The van der Waals surface area contributed by atoms with E-state index < -0.39 is 0 Å². The van der Waals surface area contributed by atoms with Crippen molar-refractivity contribution in [2.24, 2.45) is 0 Å².